The average molecular weight is 235 g/mol. The van der Waals surface area contributed by atoms with Gasteiger partial charge in [0.05, 0.1) is 0 Å². The Balaban J connectivity index is 1.69. The predicted molar refractivity (Wildman–Crippen MR) is 73.0 cm³/mol. The Morgan fingerprint density at radius 1 is 1.25 bits per heavy atom. The standard InChI is InChI=1S/C14H21NS/c1-12-5-7-13(8-6-12)10-16-11-14-4-2-3-9-15-14/h5-8,14-15H,2-4,9-11H2,1H3. The van der Waals surface area contributed by atoms with Crippen molar-refractivity contribution in [3.63, 3.8) is 0 Å². The molecule has 0 radical (unpaired) electrons. The summed E-state index contributed by atoms with van der Waals surface area (Å²) in [6, 6.07) is 9.65. The molecule has 2 heteroatoms. The second kappa shape index (κ2) is 6.31. The fourth-order valence-corrected chi connectivity index (χ4v) is 3.18. The van der Waals surface area contributed by atoms with Crippen molar-refractivity contribution < 1.29 is 0 Å². The highest BCUT2D eigenvalue weighted by Gasteiger charge is 2.11. The van der Waals surface area contributed by atoms with Crippen LogP contribution in [0, 0.1) is 6.92 Å². The van der Waals surface area contributed by atoms with Crippen LogP contribution in [0.5, 0.6) is 0 Å². The van der Waals surface area contributed by atoms with Gasteiger partial charge in [-0.1, -0.05) is 36.2 Å². The summed E-state index contributed by atoms with van der Waals surface area (Å²) in [7, 11) is 0. The Morgan fingerprint density at radius 2 is 2.06 bits per heavy atom. The summed E-state index contributed by atoms with van der Waals surface area (Å²) in [5.41, 5.74) is 2.80. The van der Waals surface area contributed by atoms with Gasteiger partial charge < -0.3 is 5.32 Å². The summed E-state index contributed by atoms with van der Waals surface area (Å²) >= 11 is 2.06. The normalized spacial score (nSPS) is 20.9. The minimum absolute atomic E-state index is 0.754. The van der Waals surface area contributed by atoms with E-state index in [-0.39, 0.29) is 0 Å². The van der Waals surface area contributed by atoms with E-state index in [1.165, 1.54) is 42.7 Å². The first-order valence-electron chi connectivity index (χ1n) is 6.21. The number of hydrogen-bond donors (Lipinski definition) is 1. The van der Waals surface area contributed by atoms with Crippen molar-refractivity contribution in [2.75, 3.05) is 12.3 Å². The largest absolute Gasteiger partial charge is 0.313 e. The van der Waals surface area contributed by atoms with Crippen molar-refractivity contribution in [1.82, 2.24) is 5.32 Å². The lowest BCUT2D eigenvalue weighted by Gasteiger charge is -2.22. The molecule has 1 aliphatic heterocycles. The van der Waals surface area contributed by atoms with E-state index in [0.717, 1.165) is 11.8 Å². The van der Waals surface area contributed by atoms with E-state index >= 15 is 0 Å². The van der Waals surface area contributed by atoms with Crippen LogP contribution in [0.2, 0.25) is 0 Å². The second-order valence-corrected chi connectivity index (χ2v) is 5.68. The lowest BCUT2D eigenvalue weighted by atomic mass is 10.1. The van der Waals surface area contributed by atoms with Gasteiger partial charge in [-0.25, -0.2) is 0 Å². The molecule has 1 heterocycles. The van der Waals surface area contributed by atoms with Gasteiger partial charge in [0.2, 0.25) is 0 Å². The maximum Gasteiger partial charge on any atom is 0.0185 e. The summed E-state index contributed by atoms with van der Waals surface area (Å²) in [4.78, 5) is 0. The molecule has 1 saturated heterocycles. The molecule has 88 valence electrons. The summed E-state index contributed by atoms with van der Waals surface area (Å²) < 4.78 is 0. The van der Waals surface area contributed by atoms with Crippen LogP contribution in [0.3, 0.4) is 0 Å². The van der Waals surface area contributed by atoms with Crippen molar-refractivity contribution in [2.45, 2.75) is 38.0 Å². The van der Waals surface area contributed by atoms with Crippen LogP contribution in [0.25, 0.3) is 0 Å². The molecule has 1 fully saturated rings. The smallest absolute Gasteiger partial charge is 0.0185 e. The Kier molecular flexibility index (Phi) is 4.73. The summed E-state index contributed by atoms with van der Waals surface area (Å²) in [6.45, 7) is 3.36. The molecule has 0 amide bonds. The lowest BCUT2D eigenvalue weighted by Crippen LogP contribution is -2.35. The van der Waals surface area contributed by atoms with Crippen LogP contribution < -0.4 is 5.32 Å². The quantitative estimate of drug-likeness (QED) is 0.858. The molecule has 1 atom stereocenters. The molecule has 0 bridgehead atoms. The summed E-state index contributed by atoms with van der Waals surface area (Å²) in [5.74, 6) is 2.41. The van der Waals surface area contributed by atoms with Crippen LogP contribution in [-0.2, 0) is 5.75 Å². The molecule has 16 heavy (non-hydrogen) atoms. The first kappa shape index (κ1) is 12.0. The summed E-state index contributed by atoms with van der Waals surface area (Å²) in [5, 5.41) is 3.59. The maximum atomic E-state index is 3.59. The fourth-order valence-electron chi connectivity index (χ4n) is 2.07. The van der Waals surface area contributed by atoms with E-state index in [9.17, 15) is 0 Å². The van der Waals surface area contributed by atoms with Crippen molar-refractivity contribution in [3.8, 4) is 0 Å². The molecule has 1 aliphatic rings. The van der Waals surface area contributed by atoms with Gasteiger partial charge in [-0.05, 0) is 31.9 Å². The average Bonchev–Trinajstić information content (AvgIpc) is 2.33. The van der Waals surface area contributed by atoms with Gasteiger partial charge in [0.1, 0.15) is 0 Å². The van der Waals surface area contributed by atoms with E-state index in [0.29, 0.717) is 0 Å². The van der Waals surface area contributed by atoms with Crippen molar-refractivity contribution >= 4 is 11.8 Å². The maximum absolute atomic E-state index is 3.59. The van der Waals surface area contributed by atoms with Crippen molar-refractivity contribution in [2.24, 2.45) is 0 Å². The number of benzene rings is 1. The third kappa shape index (κ3) is 3.84. The van der Waals surface area contributed by atoms with Gasteiger partial charge in [-0.2, -0.15) is 11.8 Å². The van der Waals surface area contributed by atoms with Crippen molar-refractivity contribution in [1.29, 1.82) is 0 Å². The topological polar surface area (TPSA) is 12.0 Å². The zero-order valence-electron chi connectivity index (χ0n) is 10.0. The van der Waals surface area contributed by atoms with Crippen LogP contribution in [0.15, 0.2) is 24.3 Å². The fraction of sp³-hybridized carbons (Fsp3) is 0.571. The highest BCUT2D eigenvalue weighted by atomic mass is 32.2. The number of nitrogens with one attached hydrogen (secondary N) is 1. The minimum atomic E-state index is 0.754. The molecule has 2 rings (SSSR count). The number of thioether (sulfide) groups is 1. The van der Waals surface area contributed by atoms with E-state index in [1.807, 2.05) is 0 Å². The number of piperidine rings is 1. The molecule has 0 aromatic heterocycles. The Hall–Kier alpha value is -0.470. The summed E-state index contributed by atoms with van der Waals surface area (Å²) in [6.07, 6.45) is 4.13. The second-order valence-electron chi connectivity index (χ2n) is 4.65. The molecule has 1 nitrogen and oxygen atoms in total. The lowest BCUT2D eigenvalue weighted by molar-refractivity contribution is 0.430. The van der Waals surface area contributed by atoms with E-state index in [4.69, 9.17) is 0 Å². The highest BCUT2D eigenvalue weighted by Crippen LogP contribution is 2.17. The van der Waals surface area contributed by atoms with Crippen molar-refractivity contribution in [3.05, 3.63) is 35.4 Å². The van der Waals surface area contributed by atoms with Crippen LogP contribution in [0.4, 0.5) is 0 Å². The van der Waals surface area contributed by atoms with Gasteiger partial charge in [-0.3, -0.25) is 0 Å². The third-order valence-corrected chi connectivity index (χ3v) is 4.30. The molecular weight excluding hydrogens is 214 g/mol. The molecular formula is C14H21NS. The van der Waals surface area contributed by atoms with Gasteiger partial charge in [0.25, 0.3) is 0 Å². The monoisotopic (exact) mass is 235 g/mol. The number of aryl methyl sites for hydroxylation is 1. The van der Waals surface area contributed by atoms with E-state index < -0.39 is 0 Å². The molecule has 1 aromatic carbocycles. The molecule has 0 spiro atoms. The Labute approximate surface area is 103 Å². The van der Waals surface area contributed by atoms with Crippen LogP contribution in [0.1, 0.15) is 30.4 Å². The van der Waals surface area contributed by atoms with Gasteiger partial charge in [0.15, 0.2) is 0 Å². The molecule has 1 N–H and O–H groups in total. The molecule has 0 aliphatic carbocycles. The first-order chi connectivity index (χ1) is 7.84. The molecule has 0 saturated carbocycles. The van der Waals surface area contributed by atoms with Crippen LogP contribution in [-0.4, -0.2) is 18.3 Å². The van der Waals surface area contributed by atoms with E-state index in [1.54, 1.807) is 0 Å². The SMILES string of the molecule is Cc1ccc(CSCC2CCCCN2)cc1. The van der Waals surface area contributed by atoms with Gasteiger partial charge in [0, 0.05) is 17.5 Å². The molecule has 1 aromatic rings. The zero-order valence-corrected chi connectivity index (χ0v) is 10.9. The Bertz CT molecular complexity index is 301. The zero-order chi connectivity index (χ0) is 11.2. The molecule has 1 unspecified atom stereocenters. The number of hydrogen-bond acceptors (Lipinski definition) is 2. The number of rotatable bonds is 4. The minimum Gasteiger partial charge on any atom is -0.313 e. The highest BCUT2D eigenvalue weighted by molar-refractivity contribution is 7.98. The first-order valence-corrected chi connectivity index (χ1v) is 7.37. The van der Waals surface area contributed by atoms with E-state index in [2.05, 4.69) is 48.3 Å². The Morgan fingerprint density at radius 3 is 2.75 bits per heavy atom. The van der Waals surface area contributed by atoms with Crippen LogP contribution >= 0.6 is 11.8 Å². The van der Waals surface area contributed by atoms with Gasteiger partial charge in [-0.15, -0.1) is 0 Å². The predicted octanol–water partition coefficient (Wildman–Crippen LogP) is 3.37. The third-order valence-electron chi connectivity index (χ3n) is 3.12. The van der Waals surface area contributed by atoms with Gasteiger partial charge >= 0.3 is 0 Å².